The maximum absolute atomic E-state index is 2.61. The van der Waals surface area contributed by atoms with Crippen molar-refractivity contribution in [3.8, 4) is 0 Å². The van der Waals surface area contributed by atoms with Crippen LogP contribution in [-0.4, -0.2) is 7.05 Å². The average Bonchev–Trinajstić information content (AvgIpc) is 1.90. The molecular formula is C7H10NP. The lowest BCUT2D eigenvalue weighted by Crippen LogP contribution is -1.97. The Hall–Kier alpha value is -0.550. The van der Waals surface area contributed by atoms with Gasteiger partial charge in [-0.3, -0.25) is 0 Å². The smallest absolute Gasteiger partial charge is 0.0392 e. The zero-order valence-corrected chi connectivity index (χ0v) is 6.57. The van der Waals surface area contributed by atoms with Gasteiger partial charge in [-0.2, -0.15) is 0 Å². The van der Waals surface area contributed by atoms with Gasteiger partial charge in [-0.15, -0.1) is 0 Å². The van der Waals surface area contributed by atoms with Crippen molar-refractivity contribution in [1.29, 1.82) is 0 Å². The van der Waals surface area contributed by atoms with Crippen LogP contribution in [0, 0.1) is 0 Å². The monoisotopic (exact) mass is 139 g/mol. The van der Waals surface area contributed by atoms with Gasteiger partial charge in [0.15, 0.2) is 0 Å². The Morgan fingerprint density at radius 3 is 2.11 bits per heavy atom. The van der Waals surface area contributed by atoms with E-state index in [0.717, 1.165) is 0 Å². The van der Waals surface area contributed by atoms with Gasteiger partial charge in [-0.25, -0.2) is 0 Å². The van der Waals surface area contributed by atoms with Crippen LogP contribution in [-0.2, 0) is 0 Å². The van der Waals surface area contributed by atoms with E-state index in [1.165, 1.54) is 5.69 Å². The van der Waals surface area contributed by atoms with Crippen molar-refractivity contribution in [1.82, 2.24) is 0 Å². The highest BCUT2D eigenvalue weighted by molar-refractivity contribution is 7.19. The molecule has 0 spiro atoms. The minimum atomic E-state index is 1.21. The van der Waals surface area contributed by atoms with E-state index in [9.17, 15) is 0 Å². The van der Waals surface area contributed by atoms with Crippen molar-refractivity contribution >= 4 is 15.1 Å². The summed E-state index contributed by atoms with van der Waals surface area (Å²) < 4.78 is 2.00. The van der Waals surface area contributed by atoms with E-state index in [-0.39, 0.29) is 0 Å². The Labute approximate surface area is 57.9 Å². The van der Waals surface area contributed by atoms with Crippen LogP contribution in [0.3, 0.4) is 0 Å². The first-order chi connectivity index (χ1) is 4.30. The molecule has 1 atom stereocenters. The second-order valence-electron chi connectivity index (χ2n) is 1.95. The van der Waals surface area contributed by atoms with Gasteiger partial charge >= 0.3 is 0 Å². The molecule has 2 heteroatoms. The lowest BCUT2D eigenvalue weighted by Gasteiger charge is -2.10. The van der Waals surface area contributed by atoms with Gasteiger partial charge in [0.1, 0.15) is 0 Å². The van der Waals surface area contributed by atoms with Crippen LogP contribution in [0.1, 0.15) is 0 Å². The van der Waals surface area contributed by atoms with E-state index in [1.54, 1.807) is 0 Å². The normalized spacial score (nSPS) is 9.11. The standard InChI is InChI=1S/C7H10NP/c1-8(9)7-5-3-2-4-6-7/h2-6H,9H2,1H3. The van der Waals surface area contributed by atoms with Crippen LogP contribution < -0.4 is 4.67 Å². The maximum Gasteiger partial charge on any atom is 0.0392 e. The predicted molar refractivity (Wildman–Crippen MR) is 44.6 cm³/mol. The Morgan fingerprint density at radius 2 is 1.78 bits per heavy atom. The van der Waals surface area contributed by atoms with Crippen molar-refractivity contribution in [2.24, 2.45) is 0 Å². The molecule has 0 amide bonds. The summed E-state index contributed by atoms with van der Waals surface area (Å²) >= 11 is 0. The number of rotatable bonds is 1. The Balaban J connectivity index is 2.85. The van der Waals surface area contributed by atoms with Gasteiger partial charge in [0, 0.05) is 12.7 Å². The fourth-order valence-corrected chi connectivity index (χ4v) is 0.835. The first-order valence-electron chi connectivity index (χ1n) is 2.84. The molecule has 48 valence electrons. The Kier molecular flexibility index (Phi) is 2.07. The minimum Gasteiger partial charge on any atom is -0.359 e. The number of nitrogens with zero attached hydrogens (tertiary/aromatic N) is 1. The number of para-hydroxylation sites is 1. The summed E-state index contributed by atoms with van der Waals surface area (Å²) in [6.45, 7) is 0. The molecule has 0 aliphatic rings. The van der Waals surface area contributed by atoms with E-state index >= 15 is 0 Å². The molecule has 9 heavy (non-hydrogen) atoms. The summed E-state index contributed by atoms with van der Waals surface area (Å²) in [6, 6.07) is 10.2. The average molecular weight is 139 g/mol. The molecule has 0 aromatic heterocycles. The predicted octanol–water partition coefficient (Wildman–Crippen LogP) is 1.91. The molecule has 0 radical (unpaired) electrons. The third-order valence-corrected chi connectivity index (χ3v) is 1.46. The number of benzene rings is 1. The van der Waals surface area contributed by atoms with Gasteiger partial charge in [-0.1, -0.05) is 18.2 Å². The van der Waals surface area contributed by atoms with Crippen molar-refractivity contribution < 1.29 is 0 Å². The van der Waals surface area contributed by atoms with Gasteiger partial charge in [0.05, 0.1) is 0 Å². The van der Waals surface area contributed by atoms with Crippen molar-refractivity contribution in [2.75, 3.05) is 11.7 Å². The Morgan fingerprint density at radius 1 is 1.22 bits per heavy atom. The molecule has 0 aliphatic heterocycles. The topological polar surface area (TPSA) is 3.24 Å². The molecule has 0 aliphatic carbocycles. The fourth-order valence-electron chi connectivity index (χ4n) is 0.663. The number of hydrogen-bond donors (Lipinski definition) is 0. The largest absolute Gasteiger partial charge is 0.359 e. The van der Waals surface area contributed by atoms with Gasteiger partial charge in [0.25, 0.3) is 0 Å². The van der Waals surface area contributed by atoms with Crippen LogP contribution in [0.4, 0.5) is 5.69 Å². The summed E-state index contributed by atoms with van der Waals surface area (Å²) in [5.74, 6) is 0. The minimum absolute atomic E-state index is 1.21. The molecule has 0 saturated carbocycles. The van der Waals surface area contributed by atoms with E-state index in [2.05, 4.69) is 21.5 Å². The van der Waals surface area contributed by atoms with Crippen LogP contribution in [0.15, 0.2) is 30.3 Å². The van der Waals surface area contributed by atoms with Gasteiger partial charge < -0.3 is 4.67 Å². The van der Waals surface area contributed by atoms with Gasteiger partial charge in [-0.05, 0) is 21.5 Å². The number of hydrogen-bond acceptors (Lipinski definition) is 1. The zero-order chi connectivity index (χ0) is 6.69. The number of anilines is 1. The summed E-state index contributed by atoms with van der Waals surface area (Å²) in [5, 5.41) is 0. The molecule has 0 N–H and O–H groups in total. The van der Waals surface area contributed by atoms with E-state index < -0.39 is 0 Å². The summed E-state index contributed by atoms with van der Waals surface area (Å²) in [7, 11) is 4.61. The van der Waals surface area contributed by atoms with E-state index in [0.29, 0.717) is 0 Å². The summed E-state index contributed by atoms with van der Waals surface area (Å²) in [6.07, 6.45) is 0. The molecule has 1 unspecified atom stereocenters. The molecular weight excluding hydrogens is 129 g/mol. The highest BCUT2D eigenvalue weighted by Gasteiger charge is 1.87. The molecule has 0 saturated heterocycles. The first-order valence-corrected chi connectivity index (χ1v) is 3.36. The second-order valence-corrected chi connectivity index (χ2v) is 2.72. The van der Waals surface area contributed by atoms with Crippen molar-refractivity contribution in [3.05, 3.63) is 30.3 Å². The second kappa shape index (κ2) is 2.84. The van der Waals surface area contributed by atoms with Crippen LogP contribution in [0.2, 0.25) is 0 Å². The molecule has 0 bridgehead atoms. The van der Waals surface area contributed by atoms with E-state index in [4.69, 9.17) is 0 Å². The molecule has 1 nitrogen and oxygen atoms in total. The molecule has 1 aromatic rings. The maximum atomic E-state index is 2.61. The van der Waals surface area contributed by atoms with Crippen LogP contribution in [0.25, 0.3) is 0 Å². The van der Waals surface area contributed by atoms with Gasteiger partial charge in [0.2, 0.25) is 0 Å². The highest BCUT2D eigenvalue weighted by atomic mass is 31.0. The molecule has 1 aromatic carbocycles. The SMILES string of the molecule is CN(P)c1ccccc1. The first kappa shape index (κ1) is 6.57. The molecule has 0 fully saturated rings. The van der Waals surface area contributed by atoms with Crippen molar-refractivity contribution in [3.63, 3.8) is 0 Å². The molecule has 1 rings (SSSR count). The van der Waals surface area contributed by atoms with Crippen molar-refractivity contribution in [2.45, 2.75) is 0 Å². The quantitative estimate of drug-likeness (QED) is 0.537. The Bertz CT molecular complexity index is 172. The third kappa shape index (κ3) is 1.69. The summed E-state index contributed by atoms with van der Waals surface area (Å²) in [4.78, 5) is 0. The third-order valence-electron chi connectivity index (χ3n) is 1.16. The lowest BCUT2D eigenvalue weighted by atomic mass is 10.3. The summed E-state index contributed by atoms with van der Waals surface area (Å²) in [5.41, 5.74) is 1.21. The zero-order valence-electron chi connectivity index (χ0n) is 5.41. The lowest BCUT2D eigenvalue weighted by molar-refractivity contribution is 1.36. The highest BCUT2D eigenvalue weighted by Crippen LogP contribution is 2.13. The van der Waals surface area contributed by atoms with Crippen LogP contribution >= 0.6 is 9.39 Å². The molecule has 0 heterocycles. The van der Waals surface area contributed by atoms with E-state index in [1.807, 2.05) is 29.9 Å². The van der Waals surface area contributed by atoms with Crippen LogP contribution in [0.5, 0.6) is 0 Å². The fraction of sp³-hybridized carbons (Fsp3) is 0.143.